The summed E-state index contributed by atoms with van der Waals surface area (Å²) in [6.45, 7) is 0. The molecule has 0 saturated heterocycles. The van der Waals surface area contributed by atoms with Crippen molar-refractivity contribution in [3.63, 3.8) is 0 Å². The summed E-state index contributed by atoms with van der Waals surface area (Å²) in [5.74, 6) is -0.711. The lowest BCUT2D eigenvalue weighted by atomic mass is 10.2. The topological polar surface area (TPSA) is 79.8 Å². The molecular weight excluding hydrogens is 373 g/mol. The maximum Gasteiger partial charge on any atom is 0.417 e. The van der Waals surface area contributed by atoms with Crippen LogP contribution in [-0.2, 0) is 19.0 Å². The van der Waals surface area contributed by atoms with Crippen LogP contribution in [0.15, 0.2) is 47.4 Å². The molecule has 144 valence electrons. The van der Waals surface area contributed by atoms with Gasteiger partial charge in [0.25, 0.3) is 11.5 Å². The normalized spacial score (nSPS) is 13.4. The van der Waals surface area contributed by atoms with E-state index in [2.05, 4.69) is 10.4 Å². The molecule has 6 nitrogen and oxygen atoms in total. The third-order valence-corrected chi connectivity index (χ3v) is 4.62. The SMILES string of the molecule is O=C(Nc1cc(C(F)(F)F)c[nH]c1=O)c1nn(-c2ccccc2)c2c1CCC2. The Morgan fingerprint density at radius 1 is 1.18 bits per heavy atom. The van der Waals surface area contributed by atoms with Gasteiger partial charge >= 0.3 is 6.18 Å². The van der Waals surface area contributed by atoms with Gasteiger partial charge in [-0.3, -0.25) is 9.59 Å². The van der Waals surface area contributed by atoms with E-state index in [0.717, 1.165) is 29.8 Å². The number of anilines is 1. The molecule has 28 heavy (non-hydrogen) atoms. The average Bonchev–Trinajstić information content (AvgIpc) is 3.25. The number of pyridine rings is 1. The Hall–Kier alpha value is -3.36. The molecule has 1 amide bonds. The highest BCUT2D eigenvalue weighted by Gasteiger charge is 2.32. The zero-order valence-corrected chi connectivity index (χ0v) is 14.5. The summed E-state index contributed by atoms with van der Waals surface area (Å²) in [7, 11) is 0. The van der Waals surface area contributed by atoms with Crippen molar-refractivity contribution >= 4 is 11.6 Å². The molecule has 1 aromatic carbocycles. The quantitative estimate of drug-likeness (QED) is 0.722. The van der Waals surface area contributed by atoms with E-state index < -0.39 is 28.9 Å². The van der Waals surface area contributed by atoms with Gasteiger partial charge in [-0.1, -0.05) is 18.2 Å². The van der Waals surface area contributed by atoms with Gasteiger partial charge in [0, 0.05) is 17.5 Å². The van der Waals surface area contributed by atoms with Gasteiger partial charge in [0.1, 0.15) is 5.69 Å². The van der Waals surface area contributed by atoms with Crippen LogP contribution in [0.4, 0.5) is 18.9 Å². The zero-order valence-electron chi connectivity index (χ0n) is 14.5. The van der Waals surface area contributed by atoms with Crippen molar-refractivity contribution in [1.29, 1.82) is 0 Å². The van der Waals surface area contributed by atoms with Crippen LogP contribution >= 0.6 is 0 Å². The van der Waals surface area contributed by atoms with E-state index in [0.29, 0.717) is 18.7 Å². The minimum atomic E-state index is -4.64. The number of nitrogens with zero attached hydrogens (tertiary/aromatic N) is 2. The van der Waals surface area contributed by atoms with Crippen LogP contribution in [0.5, 0.6) is 0 Å². The third-order valence-electron chi connectivity index (χ3n) is 4.62. The Bertz CT molecular complexity index is 1100. The molecule has 0 unspecified atom stereocenters. The summed E-state index contributed by atoms with van der Waals surface area (Å²) in [6, 6.07) is 9.88. The molecule has 0 spiro atoms. The number of carbonyl (C=O) groups excluding carboxylic acids is 1. The van der Waals surface area contributed by atoms with Crippen molar-refractivity contribution in [3.8, 4) is 5.69 Å². The van der Waals surface area contributed by atoms with Crippen molar-refractivity contribution in [1.82, 2.24) is 14.8 Å². The first-order chi connectivity index (χ1) is 13.3. The number of benzene rings is 1. The van der Waals surface area contributed by atoms with Crippen LogP contribution < -0.4 is 10.9 Å². The molecule has 4 rings (SSSR count). The molecule has 0 saturated carbocycles. The number of aromatic nitrogens is 3. The van der Waals surface area contributed by atoms with Gasteiger partial charge in [0.2, 0.25) is 0 Å². The van der Waals surface area contributed by atoms with Crippen molar-refractivity contribution in [2.75, 3.05) is 5.32 Å². The molecule has 0 aliphatic heterocycles. The molecular formula is C19H15F3N4O2. The highest BCUT2D eigenvalue weighted by atomic mass is 19.4. The van der Waals surface area contributed by atoms with E-state index >= 15 is 0 Å². The van der Waals surface area contributed by atoms with E-state index in [1.807, 2.05) is 35.3 Å². The van der Waals surface area contributed by atoms with Gasteiger partial charge in [-0.2, -0.15) is 18.3 Å². The molecule has 2 heterocycles. The summed E-state index contributed by atoms with van der Waals surface area (Å²) in [4.78, 5) is 26.6. The van der Waals surface area contributed by atoms with E-state index in [1.165, 1.54) is 0 Å². The van der Waals surface area contributed by atoms with Crippen LogP contribution in [0.3, 0.4) is 0 Å². The average molecular weight is 388 g/mol. The van der Waals surface area contributed by atoms with E-state index in [1.54, 1.807) is 4.68 Å². The first-order valence-electron chi connectivity index (χ1n) is 8.62. The van der Waals surface area contributed by atoms with Crippen LogP contribution in [0, 0.1) is 0 Å². The molecule has 3 aromatic rings. The number of para-hydroxylation sites is 1. The van der Waals surface area contributed by atoms with Gasteiger partial charge in [0.15, 0.2) is 5.69 Å². The Balaban J connectivity index is 1.70. The maximum atomic E-state index is 12.9. The molecule has 1 aliphatic carbocycles. The number of alkyl halides is 3. The first kappa shape index (κ1) is 18.0. The fourth-order valence-corrected chi connectivity index (χ4v) is 3.32. The molecule has 2 N–H and O–H groups in total. The minimum Gasteiger partial charge on any atom is -0.327 e. The summed E-state index contributed by atoms with van der Waals surface area (Å²) >= 11 is 0. The number of hydrogen-bond donors (Lipinski definition) is 2. The second kappa shape index (κ2) is 6.66. The number of nitrogens with one attached hydrogen (secondary N) is 2. The number of fused-ring (bicyclic) bond motifs is 1. The lowest BCUT2D eigenvalue weighted by molar-refractivity contribution is -0.137. The number of carbonyl (C=O) groups is 1. The molecule has 0 atom stereocenters. The molecule has 9 heteroatoms. The van der Waals surface area contributed by atoms with Crippen LogP contribution in [-0.4, -0.2) is 20.7 Å². The number of halogens is 3. The predicted molar refractivity (Wildman–Crippen MR) is 95.6 cm³/mol. The molecule has 1 aliphatic rings. The smallest absolute Gasteiger partial charge is 0.327 e. The molecule has 0 bridgehead atoms. The van der Waals surface area contributed by atoms with Crippen molar-refractivity contribution < 1.29 is 18.0 Å². The lowest BCUT2D eigenvalue weighted by Crippen LogP contribution is -2.22. The second-order valence-corrected chi connectivity index (χ2v) is 6.46. The van der Waals surface area contributed by atoms with Crippen LogP contribution in [0.1, 0.15) is 33.7 Å². The van der Waals surface area contributed by atoms with Gasteiger partial charge in [0.05, 0.1) is 11.3 Å². The Labute approximate surface area is 157 Å². The molecule has 0 fully saturated rings. The number of rotatable bonds is 3. The van der Waals surface area contributed by atoms with Gasteiger partial charge in [-0.05, 0) is 37.5 Å². The van der Waals surface area contributed by atoms with Gasteiger partial charge in [-0.15, -0.1) is 0 Å². The zero-order chi connectivity index (χ0) is 19.9. The van der Waals surface area contributed by atoms with E-state index in [9.17, 15) is 22.8 Å². The van der Waals surface area contributed by atoms with Crippen molar-refractivity contribution in [2.45, 2.75) is 25.4 Å². The van der Waals surface area contributed by atoms with E-state index in [-0.39, 0.29) is 5.69 Å². The summed E-state index contributed by atoms with van der Waals surface area (Å²) in [6.07, 6.45) is -1.83. The van der Waals surface area contributed by atoms with Crippen molar-refractivity contribution in [3.05, 3.63) is 75.5 Å². The second-order valence-electron chi connectivity index (χ2n) is 6.46. The highest BCUT2D eigenvalue weighted by Crippen LogP contribution is 2.30. The Morgan fingerprint density at radius 2 is 1.93 bits per heavy atom. The maximum absolute atomic E-state index is 12.9. The lowest BCUT2D eigenvalue weighted by Gasteiger charge is -2.09. The van der Waals surface area contributed by atoms with Crippen LogP contribution in [0.25, 0.3) is 5.69 Å². The fraction of sp³-hybridized carbons (Fsp3) is 0.211. The van der Waals surface area contributed by atoms with Gasteiger partial charge < -0.3 is 10.3 Å². The number of hydrogen-bond acceptors (Lipinski definition) is 3. The number of amides is 1. The monoisotopic (exact) mass is 388 g/mol. The van der Waals surface area contributed by atoms with Crippen molar-refractivity contribution in [2.24, 2.45) is 0 Å². The number of aromatic amines is 1. The number of H-pyrrole nitrogens is 1. The third kappa shape index (κ3) is 3.19. The summed E-state index contributed by atoms with van der Waals surface area (Å²) in [5, 5.41) is 6.64. The largest absolute Gasteiger partial charge is 0.417 e. The van der Waals surface area contributed by atoms with E-state index in [4.69, 9.17) is 0 Å². The Morgan fingerprint density at radius 3 is 2.64 bits per heavy atom. The minimum absolute atomic E-state index is 0.119. The predicted octanol–water partition coefficient (Wildman–Crippen LogP) is 3.32. The first-order valence-corrected chi connectivity index (χ1v) is 8.62. The van der Waals surface area contributed by atoms with Crippen LogP contribution in [0.2, 0.25) is 0 Å². The summed E-state index contributed by atoms with van der Waals surface area (Å²) < 4.78 is 40.3. The molecule has 2 aromatic heterocycles. The standard InChI is InChI=1S/C19H15F3N4O2/c20-19(21,22)11-9-14(17(27)23-10-11)24-18(28)16-13-7-4-8-15(13)26(25-16)12-5-2-1-3-6-12/h1-3,5-6,9-10H,4,7-8H2,(H,23,27)(H,24,28). The molecule has 0 radical (unpaired) electrons. The van der Waals surface area contributed by atoms with Gasteiger partial charge in [-0.25, -0.2) is 4.68 Å². The fourth-order valence-electron chi connectivity index (χ4n) is 3.32. The summed E-state index contributed by atoms with van der Waals surface area (Å²) in [5.41, 5.74) is 0.215. The Kier molecular flexibility index (Phi) is 4.29. The highest BCUT2D eigenvalue weighted by molar-refractivity contribution is 6.04.